The molecule has 0 saturated carbocycles. The van der Waals surface area contributed by atoms with Crippen molar-refractivity contribution in [2.45, 2.75) is 59.4 Å². The minimum atomic E-state index is -0.481. The molecule has 3 rings (SSSR count). The van der Waals surface area contributed by atoms with Crippen LogP contribution in [0.4, 0.5) is 0 Å². The average molecular weight is 395 g/mol. The van der Waals surface area contributed by atoms with Gasteiger partial charge in [0.15, 0.2) is 0 Å². The number of rotatable bonds is 5. The van der Waals surface area contributed by atoms with Gasteiger partial charge in [0.05, 0.1) is 0 Å². The van der Waals surface area contributed by atoms with E-state index < -0.39 is 5.60 Å². The quantitative estimate of drug-likeness (QED) is 0.707. The van der Waals surface area contributed by atoms with Gasteiger partial charge in [-0.2, -0.15) is 0 Å². The van der Waals surface area contributed by atoms with Gasteiger partial charge < -0.3 is 4.74 Å². The van der Waals surface area contributed by atoms with E-state index in [0.717, 1.165) is 26.2 Å². The van der Waals surface area contributed by atoms with Crippen molar-refractivity contribution < 1.29 is 9.53 Å². The zero-order chi connectivity index (χ0) is 21.0. The van der Waals surface area contributed by atoms with Crippen LogP contribution in [0, 0.1) is 13.8 Å². The molecule has 0 spiro atoms. The number of hydrogen-bond donors (Lipinski definition) is 0. The Hall–Kier alpha value is -2.17. The first kappa shape index (κ1) is 21.5. The lowest BCUT2D eigenvalue weighted by atomic mass is 10.0. The maximum atomic E-state index is 13.0. The third kappa shape index (κ3) is 6.15. The normalized spacial score (nSPS) is 18.6. The summed E-state index contributed by atoms with van der Waals surface area (Å²) in [4.78, 5) is 17.7. The van der Waals surface area contributed by atoms with Crippen molar-refractivity contribution >= 4 is 5.97 Å². The van der Waals surface area contributed by atoms with E-state index in [-0.39, 0.29) is 12.0 Å². The summed E-state index contributed by atoms with van der Waals surface area (Å²) < 4.78 is 5.78. The summed E-state index contributed by atoms with van der Waals surface area (Å²) >= 11 is 0. The summed E-state index contributed by atoms with van der Waals surface area (Å²) in [6.45, 7) is 14.2. The summed E-state index contributed by atoms with van der Waals surface area (Å²) in [5.41, 5.74) is 4.63. The molecule has 29 heavy (non-hydrogen) atoms. The van der Waals surface area contributed by atoms with E-state index in [1.807, 2.05) is 26.8 Å². The molecule has 4 heteroatoms. The molecule has 2 aromatic rings. The van der Waals surface area contributed by atoms with Gasteiger partial charge in [-0.15, -0.1) is 0 Å². The van der Waals surface area contributed by atoms with Crippen LogP contribution in [-0.4, -0.2) is 47.0 Å². The number of carbonyl (C=O) groups is 1. The van der Waals surface area contributed by atoms with Crippen LogP contribution < -0.4 is 0 Å². The van der Waals surface area contributed by atoms with Crippen molar-refractivity contribution in [1.82, 2.24) is 9.80 Å². The van der Waals surface area contributed by atoms with Gasteiger partial charge in [-0.25, -0.2) is 0 Å². The Morgan fingerprint density at radius 2 is 1.69 bits per heavy atom. The molecule has 1 fully saturated rings. The summed E-state index contributed by atoms with van der Waals surface area (Å²) in [5.74, 6) is -0.126. The number of carbonyl (C=O) groups excluding carboxylic acids is 1. The van der Waals surface area contributed by atoms with Gasteiger partial charge in [0.25, 0.3) is 0 Å². The average Bonchev–Trinajstić information content (AvgIpc) is 2.65. The van der Waals surface area contributed by atoms with Crippen LogP contribution in [0.5, 0.6) is 0 Å². The zero-order valence-electron chi connectivity index (χ0n) is 18.4. The van der Waals surface area contributed by atoms with Crippen LogP contribution in [0.3, 0.4) is 0 Å². The minimum absolute atomic E-state index is 0.126. The highest BCUT2D eigenvalue weighted by atomic mass is 16.6. The predicted molar refractivity (Wildman–Crippen MR) is 118 cm³/mol. The van der Waals surface area contributed by atoms with Crippen molar-refractivity contribution in [3.63, 3.8) is 0 Å². The largest absolute Gasteiger partial charge is 0.459 e. The fourth-order valence-electron chi connectivity index (χ4n) is 3.78. The number of esters is 1. The van der Waals surface area contributed by atoms with Crippen molar-refractivity contribution in [2.75, 3.05) is 19.6 Å². The standard InChI is InChI=1S/C25H34N2O2/c1-19-11-12-22(15-20(19)2)17-27-14-13-26(16-21-9-7-6-8-10-21)18-23(27)24(28)29-25(3,4)5/h6-12,15,23H,13-14,16-18H2,1-5H3/t23-/m1/s1. The van der Waals surface area contributed by atoms with Gasteiger partial charge >= 0.3 is 5.97 Å². The van der Waals surface area contributed by atoms with Crippen LogP contribution in [0.15, 0.2) is 48.5 Å². The maximum absolute atomic E-state index is 13.0. The lowest BCUT2D eigenvalue weighted by Crippen LogP contribution is -2.56. The summed E-state index contributed by atoms with van der Waals surface area (Å²) in [7, 11) is 0. The van der Waals surface area contributed by atoms with E-state index in [9.17, 15) is 4.79 Å². The molecular formula is C25H34N2O2. The lowest BCUT2D eigenvalue weighted by Gasteiger charge is -2.41. The molecule has 1 atom stereocenters. The number of hydrogen-bond acceptors (Lipinski definition) is 4. The van der Waals surface area contributed by atoms with Crippen LogP contribution in [0.2, 0.25) is 0 Å². The summed E-state index contributed by atoms with van der Waals surface area (Å²) in [5, 5.41) is 0. The SMILES string of the molecule is Cc1ccc(CN2CCN(Cc3ccccc3)C[C@@H]2C(=O)OC(C)(C)C)cc1C. The maximum Gasteiger partial charge on any atom is 0.325 e. The first-order chi connectivity index (χ1) is 13.7. The van der Waals surface area contributed by atoms with E-state index in [1.54, 1.807) is 0 Å². The highest BCUT2D eigenvalue weighted by Gasteiger charge is 2.35. The predicted octanol–water partition coefficient (Wildman–Crippen LogP) is 4.33. The molecule has 156 valence electrons. The van der Waals surface area contributed by atoms with Gasteiger partial charge in [-0.1, -0.05) is 48.5 Å². The Balaban J connectivity index is 1.75. The molecule has 2 aromatic carbocycles. The number of ether oxygens (including phenoxy) is 1. The highest BCUT2D eigenvalue weighted by molar-refractivity contribution is 5.76. The van der Waals surface area contributed by atoms with E-state index in [0.29, 0.717) is 6.54 Å². The highest BCUT2D eigenvalue weighted by Crippen LogP contribution is 2.21. The van der Waals surface area contributed by atoms with Crippen molar-refractivity contribution in [1.29, 1.82) is 0 Å². The molecular weight excluding hydrogens is 360 g/mol. The van der Waals surface area contributed by atoms with Crippen LogP contribution in [0.1, 0.15) is 43.0 Å². The Morgan fingerprint density at radius 1 is 0.966 bits per heavy atom. The molecule has 1 heterocycles. The second-order valence-corrected chi connectivity index (χ2v) is 9.16. The molecule has 0 radical (unpaired) electrons. The Kier molecular flexibility index (Phi) is 6.76. The van der Waals surface area contributed by atoms with E-state index in [4.69, 9.17) is 4.74 Å². The van der Waals surface area contributed by atoms with Crippen LogP contribution in [0.25, 0.3) is 0 Å². The fraction of sp³-hybridized carbons (Fsp3) is 0.480. The van der Waals surface area contributed by atoms with Gasteiger partial charge in [-0.3, -0.25) is 14.6 Å². The summed E-state index contributed by atoms with van der Waals surface area (Å²) in [6.07, 6.45) is 0. The topological polar surface area (TPSA) is 32.8 Å². The van der Waals surface area contributed by atoms with Gasteiger partial charge in [0, 0.05) is 32.7 Å². The lowest BCUT2D eigenvalue weighted by molar-refractivity contribution is -0.164. The fourth-order valence-corrected chi connectivity index (χ4v) is 3.78. The van der Waals surface area contributed by atoms with Crippen molar-refractivity contribution in [2.24, 2.45) is 0 Å². The molecule has 0 amide bonds. The van der Waals surface area contributed by atoms with Crippen LogP contribution >= 0.6 is 0 Å². The minimum Gasteiger partial charge on any atom is -0.459 e. The number of aryl methyl sites for hydroxylation is 2. The second kappa shape index (κ2) is 9.10. The van der Waals surface area contributed by atoms with Gasteiger partial charge in [0.1, 0.15) is 11.6 Å². The molecule has 0 bridgehead atoms. The number of benzene rings is 2. The van der Waals surface area contributed by atoms with Crippen molar-refractivity contribution in [3.05, 3.63) is 70.8 Å². The Bertz CT molecular complexity index is 826. The molecule has 0 aliphatic carbocycles. The third-order valence-electron chi connectivity index (χ3n) is 5.46. The van der Waals surface area contributed by atoms with Crippen molar-refractivity contribution in [3.8, 4) is 0 Å². The third-order valence-corrected chi connectivity index (χ3v) is 5.46. The molecule has 1 saturated heterocycles. The van der Waals surface area contributed by atoms with E-state index in [1.165, 1.54) is 22.3 Å². The Morgan fingerprint density at radius 3 is 2.34 bits per heavy atom. The van der Waals surface area contributed by atoms with Crippen LogP contribution in [-0.2, 0) is 22.6 Å². The van der Waals surface area contributed by atoms with Gasteiger partial charge in [-0.05, 0) is 56.9 Å². The Labute approximate surface area is 175 Å². The van der Waals surface area contributed by atoms with E-state index in [2.05, 4.69) is 66.1 Å². The molecule has 1 aliphatic rings. The second-order valence-electron chi connectivity index (χ2n) is 9.16. The first-order valence-electron chi connectivity index (χ1n) is 10.5. The van der Waals surface area contributed by atoms with Gasteiger partial charge in [0.2, 0.25) is 0 Å². The molecule has 0 aromatic heterocycles. The molecule has 0 unspecified atom stereocenters. The van der Waals surface area contributed by atoms with E-state index >= 15 is 0 Å². The molecule has 0 N–H and O–H groups in total. The smallest absolute Gasteiger partial charge is 0.325 e. The molecule has 4 nitrogen and oxygen atoms in total. The monoisotopic (exact) mass is 394 g/mol. The summed E-state index contributed by atoms with van der Waals surface area (Å²) in [6, 6.07) is 16.8. The number of nitrogens with zero attached hydrogens (tertiary/aromatic N) is 2. The molecule has 1 aliphatic heterocycles. The first-order valence-corrected chi connectivity index (χ1v) is 10.5. The zero-order valence-corrected chi connectivity index (χ0v) is 18.4. The number of piperazine rings is 1.